The molecule has 1 aromatic rings. The van der Waals surface area contributed by atoms with Crippen LogP contribution in [0.4, 0.5) is 0 Å². The van der Waals surface area contributed by atoms with Crippen molar-refractivity contribution in [3.05, 3.63) is 35.4 Å². The standard InChI is InChI=1S/C15H17NO4/c17-14(16-7-5-11(9-16)15(18)19)13-12-4-2-1-3-10(12)6-8-20-13/h1-4,11,13H,5-9H2,(H,18,19)/t11-,13-/m1/s1. The largest absolute Gasteiger partial charge is 0.481 e. The van der Waals surface area contributed by atoms with E-state index in [9.17, 15) is 9.59 Å². The maximum atomic E-state index is 12.5. The summed E-state index contributed by atoms with van der Waals surface area (Å²) in [7, 11) is 0. The molecule has 2 aliphatic heterocycles. The van der Waals surface area contributed by atoms with Crippen molar-refractivity contribution < 1.29 is 19.4 Å². The molecule has 0 spiro atoms. The Kier molecular flexibility index (Phi) is 3.44. The van der Waals surface area contributed by atoms with Gasteiger partial charge in [0.25, 0.3) is 5.91 Å². The van der Waals surface area contributed by atoms with E-state index in [0.717, 1.165) is 17.5 Å². The molecule has 1 amide bonds. The second-order valence-corrected chi connectivity index (χ2v) is 5.31. The Bertz CT molecular complexity index is 542. The lowest BCUT2D eigenvalue weighted by molar-refractivity contribution is -0.145. The number of amides is 1. The van der Waals surface area contributed by atoms with E-state index >= 15 is 0 Å². The lowest BCUT2D eigenvalue weighted by Gasteiger charge is -2.28. The Morgan fingerprint density at radius 3 is 2.85 bits per heavy atom. The van der Waals surface area contributed by atoms with Crippen molar-refractivity contribution in [3.8, 4) is 0 Å². The van der Waals surface area contributed by atoms with Gasteiger partial charge in [-0.1, -0.05) is 24.3 Å². The van der Waals surface area contributed by atoms with E-state index in [0.29, 0.717) is 19.6 Å². The van der Waals surface area contributed by atoms with Gasteiger partial charge in [0.15, 0.2) is 6.10 Å². The van der Waals surface area contributed by atoms with Gasteiger partial charge >= 0.3 is 5.97 Å². The van der Waals surface area contributed by atoms with Crippen molar-refractivity contribution in [1.82, 2.24) is 4.90 Å². The van der Waals surface area contributed by atoms with Crippen molar-refractivity contribution in [2.45, 2.75) is 18.9 Å². The predicted octanol–water partition coefficient (Wildman–Crippen LogP) is 1.23. The number of hydrogen-bond acceptors (Lipinski definition) is 3. The van der Waals surface area contributed by atoms with Gasteiger partial charge in [0.1, 0.15) is 0 Å². The highest BCUT2D eigenvalue weighted by Crippen LogP contribution is 2.30. The zero-order chi connectivity index (χ0) is 14.1. The third kappa shape index (κ3) is 2.29. The molecule has 0 unspecified atom stereocenters. The van der Waals surface area contributed by atoms with Crippen molar-refractivity contribution in [2.24, 2.45) is 5.92 Å². The van der Waals surface area contributed by atoms with Gasteiger partial charge in [0.05, 0.1) is 12.5 Å². The molecule has 0 bridgehead atoms. The van der Waals surface area contributed by atoms with Crippen LogP contribution in [0, 0.1) is 5.92 Å². The lowest BCUT2D eigenvalue weighted by Crippen LogP contribution is -2.37. The van der Waals surface area contributed by atoms with Gasteiger partial charge in [0, 0.05) is 13.1 Å². The van der Waals surface area contributed by atoms with Crippen LogP contribution in [-0.4, -0.2) is 41.6 Å². The van der Waals surface area contributed by atoms with Gasteiger partial charge in [-0.15, -0.1) is 0 Å². The zero-order valence-corrected chi connectivity index (χ0v) is 11.1. The van der Waals surface area contributed by atoms with Gasteiger partial charge in [0.2, 0.25) is 0 Å². The van der Waals surface area contributed by atoms with E-state index in [1.165, 1.54) is 0 Å². The summed E-state index contributed by atoms with van der Waals surface area (Å²) in [5, 5.41) is 9.01. The minimum Gasteiger partial charge on any atom is -0.481 e. The maximum absolute atomic E-state index is 12.5. The molecule has 0 aliphatic carbocycles. The fourth-order valence-corrected chi connectivity index (χ4v) is 2.93. The minimum absolute atomic E-state index is 0.110. The van der Waals surface area contributed by atoms with Crippen LogP contribution in [-0.2, 0) is 20.7 Å². The van der Waals surface area contributed by atoms with Crippen molar-refractivity contribution in [1.29, 1.82) is 0 Å². The third-order valence-electron chi connectivity index (χ3n) is 4.07. The first-order chi connectivity index (χ1) is 9.66. The highest BCUT2D eigenvalue weighted by Gasteiger charge is 2.36. The summed E-state index contributed by atoms with van der Waals surface area (Å²) in [6.07, 6.45) is 0.764. The van der Waals surface area contributed by atoms with Crippen molar-refractivity contribution >= 4 is 11.9 Å². The predicted molar refractivity (Wildman–Crippen MR) is 71.2 cm³/mol. The van der Waals surface area contributed by atoms with E-state index in [1.54, 1.807) is 4.90 Å². The van der Waals surface area contributed by atoms with E-state index in [-0.39, 0.29) is 12.5 Å². The first kappa shape index (κ1) is 13.1. The van der Waals surface area contributed by atoms with Crippen LogP contribution >= 0.6 is 0 Å². The highest BCUT2D eigenvalue weighted by molar-refractivity contribution is 5.84. The molecule has 0 aromatic heterocycles. The molecule has 1 aromatic carbocycles. The van der Waals surface area contributed by atoms with Gasteiger partial charge in [-0.05, 0) is 24.0 Å². The number of likely N-dealkylation sites (tertiary alicyclic amines) is 1. The summed E-state index contributed by atoms with van der Waals surface area (Å²) in [4.78, 5) is 25.1. The van der Waals surface area contributed by atoms with Crippen LogP contribution in [0.1, 0.15) is 23.7 Å². The molecular weight excluding hydrogens is 258 g/mol. The van der Waals surface area contributed by atoms with Gasteiger partial charge in [-0.3, -0.25) is 9.59 Å². The summed E-state index contributed by atoms with van der Waals surface area (Å²) < 4.78 is 5.64. The number of carbonyl (C=O) groups excluding carboxylic acids is 1. The number of benzene rings is 1. The number of hydrogen-bond donors (Lipinski definition) is 1. The summed E-state index contributed by atoms with van der Waals surface area (Å²) >= 11 is 0. The molecule has 2 atom stereocenters. The van der Waals surface area contributed by atoms with E-state index < -0.39 is 18.0 Å². The molecule has 20 heavy (non-hydrogen) atoms. The molecule has 5 nitrogen and oxygen atoms in total. The molecule has 1 fully saturated rings. The number of aliphatic carboxylic acids is 1. The normalized spacial score (nSPS) is 25.3. The van der Waals surface area contributed by atoms with Gasteiger partial charge in [-0.25, -0.2) is 0 Å². The molecular formula is C15H17NO4. The second kappa shape index (κ2) is 5.25. The zero-order valence-electron chi connectivity index (χ0n) is 11.1. The van der Waals surface area contributed by atoms with Crippen LogP contribution < -0.4 is 0 Å². The molecule has 1 N–H and O–H groups in total. The van der Waals surface area contributed by atoms with Crippen molar-refractivity contribution in [2.75, 3.05) is 19.7 Å². The fourth-order valence-electron chi connectivity index (χ4n) is 2.93. The summed E-state index contributed by atoms with van der Waals surface area (Å²) in [6.45, 7) is 1.32. The molecule has 2 heterocycles. The van der Waals surface area contributed by atoms with Crippen LogP contribution in [0.5, 0.6) is 0 Å². The molecule has 1 saturated heterocycles. The number of carboxylic acids is 1. The molecule has 0 radical (unpaired) electrons. The average Bonchev–Trinajstić information content (AvgIpc) is 2.96. The topological polar surface area (TPSA) is 66.8 Å². The number of rotatable bonds is 2. The van der Waals surface area contributed by atoms with Crippen LogP contribution in [0.25, 0.3) is 0 Å². The maximum Gasteiger partial charge on any atom is 0.308 e. The van der Waals surface area contributed by atoms with Crippen LogP contribution in [0.3, 0.4) is 0 Å². The Labute approximate surface area is 117 Å². The highest BCUT2D eigenvalue weighted by atomic mass is 16.5. The Morgan fingerprint density at radius 2 is 2.10 bits per heavy atom. The first-order valence-corrected chi connectivity index (χ1v) is 6.88. The number of ether oxygens (including phenoxy) is 1. The quantitative estimate of drug-likeness (QED) is 0.881. The smallest absolute Gasteiger partial charge is 0.308 e. The molecule has 3 rings (SSSR count). The minimum atomic E-state index is -0.828. The first-order valence-electron chi connectivity index (χ1n) is 6.88. The summed E-state index contributed by atoms with van der Waals surface area (Å²) in [5.41, 5.74) is 2.06. The Morgan fingerprint density at radius 1 is 1.30 bits per heavy atom. The fraction of sp³-hybridized carbons (Fsp3) is 0.467. The Hall–Kier alpha value is -1.88. The third-order valence-corrected chi connectivity index (χ3v) is 4.07. The van der Waals surface area contributed by atoms with E-state index in [2.05, 4.69) is 0 Å². The number of carbonyl (C=O) groups is 2. The molecule has 0 saturated carbocycles. The van der Waals surface area contributed by atoms with Crippen molar-refractivity contribution in [3.63, 3.8) is 0 Å². The lowest BCUT2D eigenvalue weighted by atomic mass is 9.97. The number of nitrogens with zero attached hydrogens (tertiary/aromatic N) is 1. The SMILES string of the molecule is O=C(O)[C@@H]1CCN(C(=O)[C@@H]2OCCc3ccccc32)C1. The molecule has 106 valence electrons. The summed E-state index contributed by atoms with van der Waals surface area (Å²) in [6, 6.07) is 7.80. The monoisotopic (exact) mass is 275 g/mol. The van der Waals surface area contributed by atoms with Gasteiger partial charge < -0.3 is 14.7 Å². The average molecular weight is 275 g/mol. The van der Waals surface area contributed by atoms with Crippen LogP contribution in [0.2, 0.25) is 0 Å². The summed E-state index contributed by atoms with van der Waals surface area (Å²) in [5.74, 6) is -1.39. The number of fused-ring (bicyclic) bond motifs is 1. The molecule has 5 heteroatoms. The van der Waals surface area contributed by atoms with Gasteiger partial charge in [-0.2, -0.15) is 0 Å². The number of carboxylic acid groups (broad SMARTS) is 1. The van der Waals surface area contributed by atoms with E-state index in [4.69, 9.17) is 9.84 Å². The molecule has 2 aliphatic rings. The second-order valence-electron chi connectivity index (χ2n) is 5.31. The van der Waals surface area contributed by atoms with Crippen LogP contribution in [0.15, 0.2) is 24.3 Å². The Balaban J connectivity index is 1.78. The van der Waals surface area contributed by atoms with E-state index in [1.807, 2.05) is 24.3 Å².